The molecule has 3 rings (SSSR count). The SMILES string of the molecule is CN(C)c1ccc(C=NNC(=O)/C(=C/c2cccs2)NC(=O)c2ccccc2Cl)cc1. The van der Waals surface area contributed by atoms with Crippen molar-refractivity contribution in [3.63, 3.8) is 0 Å². The lowest BCUT2D eigenvalue weighted by molar-refractivity contribution is -0.117. The zero-order valence-corrected chi connectivity index (χ0v) is 18.6. The van der Waals surface area contributed by atoms with Gasteiger partial charge in [-0.1, -0.05) is 41.9 Å². The number of anilines is 1. The van der Waals surface area contributed by atoms with E-state index in [1.54, 1.807) is 30.3 Å². The number of rotatable bonds is 7. The number of halogens is 1. The summed E-state index contributed by atoms with van der Waals surface area (Å²) in [7, 11) is 3.92. The van der Waals surface area contributed by atoms with E-state index in [-0.39, 0.29) is 11.3 Å². The number of hydrogen-bond donors (Lipinski definition) is 2. The van der Waals surface area contributed by atoms with Crippen LogP contribution in [0.4, 0.5) is 5.69 Å². The Morgan fingerprint density at radius 3 is 2.42 bits per heavy atom. The second-order valence-corrected chi connectivity index (χ2v) is 8.08. The molecule has 2 aromatic carbocycles. The topological polar surface area (TPSA) is 73.8 Å². The normalized spacial score (nSPS) is 11.4. The molecule has 158 valence electrons. The fourth-order valence-electron chi connectivity index (χ4n) is 2.59. The summed E-state index contributed by atoms with van der Waals surface area (Å²) in [5.41, 5.74) is 4.69. The third-order valence-corrected chi connectivity index (χ3v) is 5.38. The van der Waals surface area contributed by atoms with Crippen molar-refractivity contribution in [2.75, 3.05) is 19.0 Å². The molecule has 8 heteroatoms. The highest BCUT2D eigenvalue weighted by Crippen LogP contribution is 2.17. The summed E-state index contributed by atoms with van der Waals surface area (Å²) in [5.74, 6) is -1.03. The molecule has 0 saturated heterocycles. The monoisotopic (exact) mass is 452 g/mol. The Balaban J connectivity index is 1.74. The quantitative estimate of drug-likeness (QED) is 0.317. The van der Waals surface area contributed by atoms with Crippen LogP contribution in [0, 0.1) is 0 Å². The van der Waals surface area contributed by atoms with Gasteiger partial charge in [0.1, 0.15) is 5.70 Å². The van der Waals surface area contributed by atoms with Crippen molar-refractivity contribution in [1.82, 2.24) is 10.7 Å². The van der Waals surface area contributed by atoms with Gasteiger partial charge in [0, 0.05) is 24.7 Å². The molecule has 0 saturated carbocycles. The van der Waals surface area contributed by atoms with E-state index >= 15 is 0 Å². The molecule has 0 aliphatic heterocycles. The van der Waals surface area contributed by atoms with Crippen molar-refractivity contribution < 1.29 is 9.59 Å². The molecule has 0 radical (unpaired) electrons. The summed E-state index contributed by atoms with van der Waals surface area (Å²) in [6.07, 6.45) is 3.13. The molecular weight excluding hydrogens is 432 g/mol. The number of nitrogens with one attached hydrogen (secondary N) is 2. The molecule has 0 atom stereocenters. The summed E-state index contributed by atoms with van der Waals surface area (Å²) in [6.45, 7) is 0. The van der Waals surface area contributed by atoms with Gasteiger partial charge in [0.2, 0.25) is 0 Å². The van der Waals surface area contributed by atoms with Gasteiger partial charge in [0.25, 0.3) is 11.8 Å². The first-order valence-corrected chi connectivity index (χ1v) is 10.6. The summed E-state index contributed by atoms with van der Waals surface area (Å²) in [5, 5.41) is 8.83. The van der Waals surface area contributed by atoms with Crippen molar-refractivity contribution in [3.8, 4) is 0 Å². The molecule has 0 unspecified atom stereocenters. The van der Waals surface area contributed by atoms with Gasteiger partial charge in [-0.2, -0.15) is 5.10 Å². The predicted octanol–water partition coefficient (Wildman–Crippen LogP) is 4.39. The van der Waals surface area contributed by atoms with Crippen molar-refractivity contribution in [2.24, 2.45) is 5.10 Å². The summed E-state index contributed by atoms with van der Waals surface area (Å²) >= 11 is 7.54. The third kappa shape index (κ3) is 6.28. The predicted molar refractivity (Wildman–Crippen MR) is 128 cm³/mol. The Bertz CT molecular complexity index is 1110. The molecule has 0 spiro atoms. The lowest BCUT2D eigenvalue weighted by Crippen LogP contribution is -2.32. The van der Waals surface area contributed by atoms with Crippen LogP contribution in [0.25, 0.3) is 6.08 Å². The molecule has 6 nitrogen and oxygen atoms in total. The lowest BCUT2D eigenvalue weighted by atomic mass is 10.2. The Morgan fingerprint density at radius 2 is 1.77 bits per heavy atom. The molecule has 2 amide bonds. The zero-order valence-electron chi connectivity index (χ0n) is 17.0. The number of carbonyl (C=O) groups excluding carboxylic acids is 2. The van der Waals surface area contributed by atoms with Gasteiger partial charge in [-0.25, -0.2) is 5.43 Å². The van der Waals surface area contributed by atoms with Gasteiger partial charge in [-0.05, 0) is 47.4 Å². The highest BCUT2D eigenvalue weighted by atomic mass is 35.5. The smallest absolute Gasteiger partial charge is 0.287 e. The fourth-order valence-corrected chi connectivity index (χ4v) is 3.47. The average molecular weight is 453 g/mol. The molecule has 0 aliphatic carbocycles. The van der Waals surface area contributed by atoms with Gasteiger partial charge < -0.3 is 10.2 Å². The highest BCUT2D eigenvalue weighted by Gasteiger charge is 2.16. The molecular formula is C23H21ClN4O2S. The molecule has 31 heavy (non-hydrogen) atoms. The van der Waals surface area contributed by atoms with Crippen molar-refractivity contribution >= 4 is 52.7 Å². The van der Waals surface area contributed by atoms with Gasteiger partial charge in [0.05, 0.1) is 16.8 Å². The number of thiophene rings is 1. The first-order chi connectivity index (χ1) is 14.9. The van der Waals surface area contributed by atoms with Crippen LogP contribution >= 0.6 is 22.9 Å². The van der Waals surface area contributed by atoms with Crippen LogP contribution in [-0.4, -0.2) is 32.1 Å². The van der Waals surface area contributed by atoms with Crippen molar-refractivity contribution in [1.29, 1.82) is 0 Å². The highest BCUT2D eigenvalue weighted by molar-refractivity contribution is 7.10. The minimum absolute atomic E-state index is 0.0625. The minimum Gasteiger partial charge on any atom is -0.378 e. The van der Waals surface area contributed by atoms with E-state index < -0.39 is 11.8 Å². The lowest BCUT2D eigenvalue weighted by Gasteiger charge is -2.11. The van der Waals surface area contributed by atoms with E-state index in [1.807, 2.05) is 60.8 Å². The van der Waals surface area contributed by atoms with Crippen molar-refractivity contribution in [2.45, 2.75) is 0 Å². The van der Waals surface area contributed by atoms with Gasteiger partial charge >= 0.3 is 0 Å². The minimum atomic E-state index is -0.546. The van der Waals surface area contributed by atoms with Gasteiger partial charge in [-0.15, -0.1) is 11.3 Å². The third-order valence-electron chi connectivity index (χ3n) is 4.23. The van der Waals surface area contributed by atoms with Crippen LogP contribution in [0.3, 0.4) is 0 Å². The number of hydrogen-bond acceptors (Lipinski definition) is 5. The van der Waals surface area contributed by atoms with E-state index in [0.29, 0.717) is 5.02 Å². The fraction of sp³-hybridized carbons (Fsp3) is 0.0870. The van der Waals surface area contributed by atoms with Crippen LogP contribution in [0.2, 0.25) is 5.02 Å². The van der Waals surface area contributed by atoms with E-state index in [0.717, 1.165) is 16.1 Å². The molecule has 1 aromatic heterocycles. The first kappa shape index (κ1) is 22.3. The Kier molecular flexibility index (Phi) is 7.59. The largest absolute Gasteiger partial charge is 0.378 e. The second kappa shape index (κ2) is 10.6. The van der Waals surface area contributed by atoms with Crippen LogP contribution in [0.15, 0.2) is 76.8 Å². The molecule has 0 aliphatic rings. The van der Waals surface area contributed by atoms with Crippen LogP contribution < -0.4 is 15.6 Å². The molecule has 0 bridgehead atoms. The molecule has 2 N–H and O–H groups in total. The summed E-state index contributed by atoms with van der Waals surface area (Å²) in [4.78, 5) is 28.2. The maximum absolute atomic E-state index is 12.7. The van der Waals surface area contributed by atoms with Crippen LogP contribution in [0.1, 0.15) is 20.8 Å². The molecule has 1 heterocycles. The van der Waals surface area contributed by atoms with E-state index in [4.69, 9.17) is 11.6 Å². The summed E-state index contributed by atoms with van der Waals surface area (Å²) < 4.78 is 0. The second-order valence-electron chi connectivity index (χ2n) is 6.69. The van der Waals surface area contributed by atoms with Crippen LogP contribution in [-0.2, 0) is 4.79 Å². The maximum atomic E-state index is 12.7. The average Bonchev–Trinajstić information content (AvgIpc) is 3.27. The summed E-state index contributed by atoms with van der Waals surface area (Å²) in [6, 6.07) is 18.0. The van der Waals surface area contributed by atoms with Crippen molar-refractivity contribution in [3.05, 3.63) is 92.8 Å². The standard InChI is InChI=1S/C23H21ClN4O2S/c1-28(2)17-11-9-16(10-12-17)15-25-27-23(30)21(14-18-6-5-13-31-18)26-22(29)19-7-3-4-8-20(19)24/h3-15H,1-2H3,(H,26,29)(H,27,30)/b21-14-,25-15?. The number of benzene rings is 2. The maximum Gasteiger partial charge on any atom is 0.287 e. The Morgan fingerprint density at radius 1 is 1.03 bits per heavy atom. The van der Waals surface area contributed by atoms with Gasteiger partial charge in [-0.3, -0.25) is 9.59 Å². The molecule has 3 aromatic rings. The Hall–Kier alpha value is -3.42. The zero-order chi connectivity index (χ0) is 22.2. The van der Waals surface area contributed by atoms with Gasteiger partial charge in [0.15, 0.2) is 0 Å². The number of amides is 2. The van der Waals surface area contributed by atoms with E-state index in [1.165, 1.54) is 17.6 Å². The van der Waals surface area contributed by atoms with E-state index in [2.05, 4.69) is 15.8 Å². The van der Waals surface area contributed by atoms with Crippen LogP contribution in [0.5, 0.6) is 0 Å². The first-order valence-electron chi connectivity index (χ1n) is 9.36. The molecule has 0 fully saturated rings. The number of hydrazone groups is 1. The van der Waals surface area contributed by atoms with E-state index in [9.17, 15) is 9.59 Å². The Labute approximate surface area is 189 Å². The number of carbonyl (C=O) groups is 2. The number of nitrogens with zero attached hydrogens (tertiary/aromatic N) is 2.